The largest absolute Gasteiger partial charge is 0.381 e. The summed E-state index contributed by atoms with van der Waals surface area (Å²) < 4.78 is 33.4. The lowest BCUT2D eigenvalue weighted by Gasteiger charge is -2.41. The van der Waals surface area contributed by atoms with E-state index in [-0.39, 0.29) is 5.41 Å². The monoisotopic (exact) mass is 472 g/mol. The zero-order chi connectivity index (χ0) is 23.3. The highest BCUT2D eigenvalue weighted by molar-refractivity contribution is 7.90. The Morgan fingerprint density at radius 3 is 2.24 bits per heavy atom. The van der Waals surface area contributed by atoms with Crippen LogP contribution in [-0.4, -0.2) is 65.7 Å². The van der Waals surface area contributed by atoms with E-state index in [0.717, 1.165) is 64.2 Å². The molecule has 0 spiro atoms. The molecule has 2 fully saturated rings. The first-order valence-electron chi connectivity index (χ1n) is 11.8. The van der Waals surface area contributed by atoms with Gasteiger partial charge in [-0.05, 0) is 55.5 Å². The van der Waals surface area contributed by atoms with E-state index in [4.69, 9.17) is 4.74 Å². The predicted molar refractivity (Wildman–Crippen MR) is 134 cm³/mol. The van der Waals surface area contributed by atoms with Crippen molar-refractivity contribution in [3.05, 3.63) is 60.2 Å². The number of rotatable bonds is 8. The molecule has 0 aromatic heterocycles. The maximum atomic E-state index is 12.0. The molecule has 0 atom stereocenters. The summed E-state index contributed by atoms with van der Waals surface area (Å²) in [6, 6.07) is 19.0. The van der Waals surface area contributed by atoms with Crippen molar-refractivity contribution in [2.45, 2.75) is 37.1 Å². The first-order valence-corrected chi connectivity index (χ1v) is 13.2. The van der Waals surface area contributed by atoms with Crippen LogP contribution in [0.3, 0.4) is 0 Å². The quantitative estimate of drug-likeness (QED) is 0.617. The average molecular weight is 473 g/mol. The zero-order valence-corrected chi connectivity index (χ0v) is 20.5. The molecule has 2 N–H and O–H groups in total. The van der Waals surface area contributed by atoms with Gasteiger partial charge in [0.05, 0.1) is 0 Å². The van der Waals surface area contributed by atoms with Crippen molar-refractivity contribution in [2.24, 2.45) is 0 Å². The summed E-state index contributed by atoms with van der Waals surface area (Å²) in [4.78, 5) is 2.38. The summed E-state index contributed by atoms with van der Waals surface area (Å²) in [6.45, 7) is 4.63. The molecule has 2 aromatic carbocycles. The van der Waals surface area contributed by atoms with Crippen LogP contribution >= 0.6 is 0 Å². The SMILES string of the molecule is CN(C)S(=O)(=O)Nc1ccc(N2CCC(NCC3(c4ccccc4)CCOCC3)CC2)cc1. The minimum atomic E-state index is -3.48. The van der Waals surface area contributed by atoms with E-state index >= 15 is 0 Å². The van der Waals surface area contributed by atoms with Crippen LogP contribution in [0.15, 0.2) is 54.6 Å². The topological polar surface area (TPSA) is 73.9 Å². The molecule has 2 aliphatic heterocycles. The molecule has 2 heterocycles. The van der Waals surface area contributed by atoms with Gasteiger partial charge in [-0.1, -0.05) is 30.3 Å². The van der Waals surface area contributed by atoms with Gasteiger partial charge in [0.25, 0.3) is 0 Å². The fraction of sp³-hybridized carbons (Fsp3) is 0.520. The zero-order valence-electron chi connectivity index (χ0n) is 19.7. The predicted octanol–water partition coefficient (Wildman–Crippen LogP) is 3.21. The average Bonchev–Trinajstić information content (AvgIpc) is 2.84. The molecular weight excluding hydrogens is 436 g/mol. The molecule has 0 bridgehead atoms. The van der Waals surface area contributed by atoms with Crippen molar-refractivity contribution in [1.82, 2.24) is 9.62 Å². The van der Waals surface area contributed by atoms with Gasteiger partial charge in [0.2, 0.25) is 0 Å². The third-order valence-corrected chi connectivity index (χ3v) is 8.48. The van der Waals surface area contributed by atoms with Crippen LogP contribution in [-0.2, 0) is 20.4 Å². The molecule has 2 aromatic rings. The lowest BCUT2D eigenvalue weighted by molar-refractivity contribution is 0.0485. The lowest BCUT2D eigenvalue weighted by atomic mass is 9.74. The molecule has 7 nitrogen and oxygen atoms in total. The summed E-state index contributed by atoms with van der Waals surface area (Å²) in [5, 5.41) is 3.88. The summed E-state index contributed by atoms with van der Waals surface area (Å²) in [7, 11) is -0.459. The molecule has 0 aliphatic carbocycles. The van der Waals surface area contributed by atoms with Gasteiger partial charge in [0, 0.05) is 69.8 Å². The molecule has 0 saturated carbocycles. The molecule has 4 rings (SSSR count). The van der Waals surface area contributed by atoms with Gasteiger partial charge in [-0.15, -0.1) is 0 Å². The third kappa shape index (κ3) is 5.87. The third-order valence-electron chi connectivity index (χ3n) is 7.02. The van der Waals surface area contributed by atoms with Crippen molar-refractivity contribution in [3.63, 3.8) is 0 Å². The minimum Gasteiger partial charge on any atom is -0.381 e. The van der Waals surface area contributed by atoms with Crippen molar-refractivity contribution in [2.75, 3.05) is 56.6 Å². The van der Waals surface area contributed by atoms with Crippen LogP contribution < -0.4 is 14.9 Å². The molecule has 180 valence electrons. The van der Waals surface area contributed by atoms with Crippen molar-refractivity contribution in [1.29, 1.82) is 0 Å². The van der Waals surface area contributed by atoms with E-state index < -0.39 is 10.2 Å². The van der Waals surface area contributed by atoms with Gasteiger partial charge >= 0.3 is 10.2 Å². The van der Waals surface area contributed by atoms with E-state index in [2.05, 4.69) is 45.3 Å². The number of hydrogen-bond donors (Lipinski definition) is 2. The van der Waals surface area contributed by atoms with Crippen LogP contribution in [0.5, 0.6) is 0 Å². The fourth-order valence-electron chi connectivity index (χ4n) is 4.78. The number of nitrogens with zero attached hydrogens (tertiary/aromatic N) is 2. The van der Waals surface area contributed by atoms with Gasteiger partial charge in [-0.2, -0.15) is 12.7 Å². The van der Waals surface area contributed by atoms with Crippen LogP contribution in [0.1, 0.15) is 31.2 Å². The number of ether oxygens (including phenoxy) is 1. The van der Waals surface area contributed by atoms with Gasteiger partial charge < -0.3 is 15.0 Å². The molecular formula is C25H36N4O3S. The maximum absolute atomic E-state index is 12.0. The normalized spacial score (nSPS) is 19.5. The van der Waals surface area contributed by atoms with E-state index in [9.17, 15) is 8.42 Å². The highest BCUT2D eigenvalue weighted by atomic mass is 32.2. The molecule has 0 radical (unpaired) electrons. The van der Waals surface area contributed by atoms with Gasteiger partial charge in [0.1, 0.15) is 0 Å². The smallest absolute Gasteiger partial charge is 0.301 e. The number of hydrogen-bond acceptors (Lipinski definition) is 5. The van der Waals surface area contributed by atoms with Gasteiger partial charge in [-0.25, -0.2) is 0 Å². The molecule has 33 heavy (non-hydrogen) atoms. The second kappa shape index (κ2) is 10.4. The standard InChI is InChI=1S/C25H36N4O3S/c1-28(2)33(30,31)27-23-8-10-24(11-9-23)29-16-12-22(13-17-29)26-20-25(14-18-32-19-15-25)21-6-4-3-5-7-21/h3-11,22,26-27H,12-20H2,1-2H3. The molecule has 2 saturated heterocycles. The first-order chi connectivity index (χ1) is 15.9. The Kier molecular flexibility index (Phi) is 7.58. The number of anilines is 2. The summed E-state index contributed by atoms with van der Waals surface area (Å²) in [5.41, 5.74) is 3.29. The molecule has 0 amide bonds. The second-order valence-corrected chi connectivity index (χ2v) is 11.2. The Hall–Kier alpha value is -2.13. The van der Waals surface area contributed by atoms with Crippen LogP contribution in [0.2, 0.25) is 0 Å². The van der Waals surface area contributed by atoms with E-state index in [1.807, 2.05) is 24.3 Å². The van der Waals surface area contributed by atoms with Crippen molar-refractivity contribution < 1.29 is 13.2 Å². The Balaban J connectivity index is 1.31. The Labute approximate surface area is 198 Å². The second-order valence-electron chi connectivity index (χ2n) is 9.34. The van der Waals surface area contributed by atoms with Crippen LogP contribution in [0.4, 0.5) is 11.4 Å². The lowest BCUT2D eigenvalue weighted by Crippen LogP contribution is -2.49. The van der Waals surface area contributed by atoms with Crippen molar-refractivity contribution >= 4 is 21.6 Å². The van der Waals surface area contributed by atoms with Crippen molar-refractivity contribution in [3.8, 4) is 0 Å². The summed E-state index contributed by atoms with van der Waals surface area (Å²) in [6.07, 6.45) is 4.31. The van der Waals surface area contributed by atoms with Gasteiger partial charge in [-0.3, -0.25) is 4.72 Å². The minimum absolute atomic E-state index is 0.159. The van der Waals surface area contributed by atoms with Crippen LogP contribution in [0.25, 0.3) is 0 Å². The molecule has 2 aliphatic rings. The van der Waals surface area contributed by atoms with E-state index in [1.165, 1.54) is 24.0 Å². The Morgan fingerprint density at radius 1 is 1.00 bits per heavy atom. The fourth-order valence-corrected chi connectivity index (χ4v) is 5.40. The number of nitrogens with one attached hydrogen (secondary N) is 2. The highest BCUT2D eigenvalue weighted by Crippen LogP contribution is 2.34. The molecule has 0 unspecified atom stereocenters. The van der Waals surface area contributed by atoms with E-state index in [1.54, 1.807) is 0 Å². The maximum Gasteiger partial charge on any atom is 0.301 e. The first kappa shape index (κ1) is 24.0. The van der Waals surface area contributed by atoms with Crippen LogP contribution in [0, 0.1) is 0 Å². The summed E-state index contributed by atoms with van der Waals surface area (Å²) >= 11 is 0. The summed E-state index contributed by atoms with van der Waals surface area (Å²) in [5.74, 6) is 0. The Bertz CT molecular complexity index is 982. The van der Waals surface area contributed by atoms with Gasteiger partial charge in [0.15, 0.2) is 0 Å². The van der Waals surface area contributed by atoms with E-state index in [0.29, 0.717) is 11.7 Å². The number of benzene rings is 2. The highest BCUT2D eigenvalue weighted by Gasteiger charge is 2.35. The Morgan fingerprint density at radius 2 is 1.64 bits per heavy atom. The molecule has 8 heteroatoms. The number of piperidine rings is 1.